The third-order valence-corrected chi connectivity index (χ3v) is 90.6. The fourth-order valence-electron chi connectivity index (χ4n) is 0. The SMILES string of the molecule is C.N=N.[CH3][InH2].[HH].[SeH2].[Se]=[Se]=[Se](=[InH])=[InH]. The van der Waals surface area contributed by atoms with Crippen molar-refractivity contribution in [3.8, 4) is 0 Å². The topological polar surface area (TPSA) is 47.7 Å². The molecule has 0 aromatic heterocycles. The Hall–Kier alpha value is 4.29. The molecule has 0 aromatic rings. The van der Waals surface area contributed by atoms with E-state index in [2.05, 4.69) is 18.3 Å². The van der Waals surface area contributed by atoms with Gasteiger partial charge in [-0.2, -0.15) is 0 Å². The minimum atomic E-state index is 0. The van der Waals surface area contributed by atoms with Crippen LogP contribution in [0.15, 0.2) is 0 Å². The molecule has 0 saturated carbocycles. The van der Waals surface area contributed by atoms with Crippen molar-refractivity contribution in [2.75, 3.05) is 0 Å². The van der Waals surface area contributed by atoms with Crippen molar-refractivity contribution in [3.05, 3.63) is 0 Å². The van der Waals surface area contributed by atoms with Gasteiger partial charge in [-0.3, -0.25) is 0 Å². The Morgan fingerprint density at radius 1 is 1.45 bits per heavy atom. The van der Waals surface area contributed by atoms with Gasteiger partial charge >= 0.3 is 116 Å². The van der Waals surface area contributed by atoms with Gasteiger partial charge in [-0.1, -0.05) is 7.43 Å². The van der Waals surface area contributed by atoms with E-state index in [1.54, 1.807) is 0 Å². The molecule has 0 atom stereocenters. The first-order chi connectivity index (χ1) is 4.27. The summed E-state index contributed by atoms with van der Waals surface area (Å²) in [6.45, 7) is 0. The molecular formula is C2H17In3N2Se4. The van der Waals surface area contributed by atoms with Crippen molar-refractivity contribution >= 4 is 111 Å². The molecule has 0 saturated heterocycles. The minimum absolute atomic E-state index is 0. The molecule has 0 aliphatic heterocycles. The Kier molecular flexibility index (Phi) is 98.5. The molecule has 9 heteroatoms. The van der Waals surface area contributed by atoms with Gasteiger partial charge in [-0.05, 0) is 0 Å². The third kappa shape index (κ3) is 54.6. The summed E-state index contributed by atoms with van der Waals surface area (Å²) in [7, 11) is 1.03. The molecule has 0 aliphatic carbocycles. The second kappa shape index (κ2) is 36.7. The van der Waals surface area contributed by atoms with Crippen LogP contribution in [0, 0.1) is 11.1 Å². The quantitative estimate of drug-likeness (QED) is 0.210. The number of rotatable bonds is 0. The maximum atomic E-state index is 5.00. The average Bonchev–Trinajstić information content (AvgIpc) is 1.97. The summed E-state index contributed by atoms with van der Waals surface area (Å²) < 4.78 is 2.51. The summed E-state index contributed by atoms with van der Waals surface area (Å²) >= 11 is 6.85. The molecule has 0 fully saturated rings. The average molecular weight is 729 g/mol. The molecule has 0 radical (unpaired) electrons. The summed E-state index contributed by atoms with van der Waals surface area (Å²) in [4.78, 5) is 0. The van der Waals surface area contributed by atoms with Gasteiger partial charge in [0.1, 0.15) is 0 Å². The third-order valence-electron chi connectivity index (χ3n) is 0.0962. The normalized spacial score (nSPS) is 3.55. The van der Waals surface area contributed by atoms with Crippen molar-refractivity contribution in [1.82, 2.24) is 0 Å². The molecule has 0 amide bonds. The van der Waals surface area contributed by atoms with Gasteiger partial charge in [0.15, 0.2) is 0 Å². The summed E-state index contributed by atoms with van der Waals surface area (Å²) in [5.74, 6) is 0. The van der Waals surface area contributed by atoms with Crippen LogP contribution in [0.5, 0.6) is 0 Å². The van der Waals surface area contributed by atoms with Crippen LogP contribution in [-0.2, 0) is 0 Å². The zero-order chi connectivity index (χ0) is 8.28. The fraction of sp³-hybridized carbons (Fsp3) is 1.00. The van der Waals surface area contributed by atoms with Crippen molar-refractivity contribution < 1.29 is 1.43 Å². The van der Waals surface area contributed by atoms with Crippen LogP contribution >= 0.6 is 0 Å². The predicted molar refractivity (Wildman–Crippen MR) is 68.8 cm³/mol. The molecule has 2 N–H and O–H groups in total. The van der Waals surface area contributed by atoms with E-state index in [-0.39, 0.29) is 25.9 Å². The van der Waals surface area contributed by atoms with Crippen LogP contribution in [0.3, 0.4) is 0 Å². The fourth-order valence-corrected chi connectivity index (χ4v) is 0. The van der Waals surface area contributed by atoms with E-state index in [0.717, 1.165) is 34.6 Å². The predicted octanol–water partition coefficient (Wildman–Crippen LogP) is -2.21. The van der Waals surface area contributed by atoms with Gasteiger partial charge in [-0.25, -0.2) is 11.1 Å². The second-order valence-electron chi connectivity index (χ2n) is 0.508. The number of hydrogen-bond acceptors (Lipinski definition) is 2. The van der Waals surface area contributed by atoms with Gasteiger partial charge in [0.25, 0.3) is 0 Å². The standard InChI is InChI=1S/CH4.CH3.3In.H2N2.Se3.H2Se.H2.4H/c;;;;;1-2;1-3-2;;;;;;/h1H4;1H3;;;;1-2H;;1H2;1H;;;;. The van der Waals surface area contributed by atoms with Crippen molar-refractivity contribution in [1.29, 1.82) is 11.1 Å². The van der Waals surface area contributed by atoms with Gasteiger partial charge in [0, 0.05) is 1.43 Å². The molecule has 0 aliphatic rings. The first-order valence-electron chi connectivity index (χ1n) is 2.16. The summed E-state index contributed by atoms with van der Waals surface area (Å²) in [5.41, 5.74) is 10.0. The Balaban J connectivity index is -0.0000000116. The Morgan fingerprint density at radius 3 is 1.55 bits per heavy atom. The molecule has 0 rings (SSSR count). The zero-order valence-corrected chi connectivity index (χ0v) is 27.2. The molecule has 0 spiro atoms. The van der Waals surface area contributed by atoms with E-state index in [0.29, 0.717) is 3.10 Å². The first-order valence-corrected chi connectivity index (χ1v) is 36.1. The Bertz CT molecular complexity index is 169. The number of hydrogen-bond donors (Lipinski definition) is 2. The molecule has 11 heavy (non-hydrogen) atoms. The van der Waals surface area contributed by atoms with E-state index < -0.39 is 0 Å². The van der Waals surface area contributed by atoms with Gasteiger partial charge < -0.3 is 0 Å². The molecule has 68 valence electrons. The second-order valence-corrected chi connectivity index (χ2v) is 100.0. The molecule has 0 bridgehead atoms. The summed E-state index contributed by atoms with van der Waals surface area (Å²) in [6.07, 6.45) is 0. The molecular weight excluding hydrogens is 712 g/mol. The monoisotopic (exact) mass is 734 g/mol. The molecule has 0 aromatic carbocycles. The van der Waals surface area contributed by atoms with Crippen LogP contribution in [-0.4, -0.2) is 111 Å². The van der Waals surface area contributed by atoms with Gasteiger partial charge in [-0.15, -0.1) is 0 Å². The summed E-state index contributed by atoms with van der Waals surface area (Å²) in [6, 6.07) is 0. The van der Waals surface area contributed by atoms with Crippen molar-refractivity contribution in [3.63, 3.8) is 0 Å². The van der Waals surface area contributed by atoms with Crippen molar-refractivity contribution in [2.24, 2.45) is 0 Å². The maximum absolute atomic E-state index is 5.00. The van der Waals surface area contributed by atoms with Gasteiger partial charge in [0.2, 0.25) is 0 Å². The van der Waals surface area contributed by atoms with Gasteiger partial charge in [0.05, 0.1) is 0 Å². The zero-order valence-electron chi connectivity index (χ0n) is 6.14. The van der Waals surface area contributed by atoms with Crippen LogP contribution in [0.25, 0.3) is 0 Å². The van der Waals surface area contributed by atoms with E-state index >= 15 is 0 Å². The Morgan fingerprint density at radius 2 is 1.55 bits per heavy atom. The first kappa shape index (κ1) is 29.5. The molecule has 0 heterocycles. The molecule has 2 nitrogen and oxygen atoms in total. The summed E-state index contributed by atoms with van der Waals surface area (Å²) in [5, 5.41) is 0. The number of nitrogens with one attached hydrogen (secondary N) is 2. The van der Waals surface area contributed by atoms with E-state index in [4.69, 9.17) is 11.1 Å². The van der Waals surface area contributed by atoms with Crippen LogP contribution in [0.4, 0.5) is 0 Å². The van der Waals surface area contributed by atoms with E-state index in [9.17, 15) is 0 Å². The molecule has 0 unspecified atom stereocenters. The van der Waals surface area contributed by atoms with Crippen molar-refractivity contribution in [2.45, 2.75) is 12.1 Å². The van der Waals surface area contributed by atoms with Crippen LogP contribution in [0.2, 0.25) is 4.68 Å². The Labute approximate surface area is 132 Å². The van der Waals surface area contributed by atoms with E-state index in [1.165, 1.54) is 42.8 Å². The van der Waals surface area contributed by atoms with Crippen LogP contribution < -0.4 is 0 Å². The van der Waals surface area contributed by atoms with Crippen LogP contribution in [0.1, 0.15) is 8.85 Å². The van der Waals surface area contributed by atoms with E-state index in [1.807, 2.05) is 0 Å².